The molecule has 0 aromatic heterocycles. The van der Waals surface area contributed by atoms with Gasteiger partial charge in [-0.05, 0) is 36.6 Å². The number of aromatic hydroxyl groups is 1. The van der Waals surface area contributed by atoms with E-state index >= 15 is 0 Å². The van der Waals surface area contributed by atoms with Crippen LogP contribution in [0, 0.1) is 0 Å². The fourth-order valence-electron chi connectivity index (χ4n) is 1.49. The van der Waals surface area contributed by atoms with Crippen LogP contribution in [0.5, 0.6) is 5.75 Å². The van der Waals surface area contributed by atoms with Gasteiger partial charge in [0.05, 0.1) is 6.10 Å². The van der Waals surface area contributed by atoms with Crippen molar-refractivity contribution in [3.63, 3.8) is 0 Å². The lowest BCUT2D eigenvalue weighted by Crippen LogP contribution is -1.97. The average molecular weight is 180 g/mol. The Hall–Kier alpha value is -1.02. The van der Waals surface area contributed by atoms with Crippen LogP contribution in [0.25, 0.3) is 0 Å². The van der Waals surface area contributed by atoms with Gasteiger partial charge in [0, 0.05) is 0 Å². The minimum absolute atomic E-state index is 0.271. The molecule has 1 atom stereocenters. The number of aliphatic hydroxyl groups is 1. The first-order valence-electron chi connectivity index (χ1n) is 4.65. The summed E-state index contributed by atoms with van der Waals surface area (Å²) in [6.07, 6.45) is 1.46. The lowest BCUT2D eigenvalue weighted by atomic mass is 9.99. The average Bonchev–Trinajstić information content (AvgIpc) is 2.04. The fraction of sp³-hybridized carbons (Fsp3) is 0.455. The molecule has 2 N–H and O–H groups in total. The third kappa shape index (κ3) is 2.46. The van der Waals surface area contributed by atoms with Crippen LogP contribution in [-0.2, 0) is 6.42 Å². The van der Waals surface area contributed by atoms with Gasteiger partial charge in [0.25, 0.3) is 0 Å². The van der Waals surface area contributed by atoms with Gasteiger partial charge in [0.1, 0.15) is 5.75 Å². The molecule has 0 spiro atoms. The summed E-state index contributed by atoms with van der Waals surface area (Å²) in [4.78, 5) is 0. The smallest absolute Gasteiger partial charge is 0.115 e. The third-order valence-corrected chi connectivity index (χ3v) is 2.10. The molecule has 13 heavy (non-hydrogen) atoms. The maximum atomic E-state index is 9.44. The molecule has 1 aromatic rings. The van der Waals surface area contributed by atoms with Crippen LogP contribution in [0.4, 0.5) is 0 Å². The van der Waals surface area contributed by atoms with Gasteiger partial charge in [-0.2, -0.15) is 0 Å². The molecule has 0 aliphatic heterocycles. The second-order valence-electron chi connectivity index (χ2n) is 3.31. The van der Waals surface area contributed by atoms with Gasteiger partial charge in [-0.15, -0.1) is 0 Å². The predicted molar refractivity (Wildman–Crippen MR) is 52.7 cm³/mol. The lowest BCUT2D eigenvalue weighted by Gasteiger charge is -2.11. The zero-order valence-corrected chi connectivity index (χ0v) is 8.12. The highest BCUT2D eigenvalue weighted by atomic mass is 16.3. The minimum Gasteiger partial charge on any atom is -0.508 e. The Bertz CT molecular complexity index is 279. The number of aryl methyl sites for hydroxylation is 1. The van der Waals surface area contributed by atoms with Crippen molar-refractivity contribution in [3.05, 3.63) is 29.3 Å². The van der Waals surface area contributed by atoms with E-state index in [-0.39, 0.29) is 5.75 Å². The molecule has 1 aromatic carbocycles. The van der Waals surface area contributed by atoms with Crippen molar-refractivity contribution in [2.45, 2.75) is 32.8 Å². The van der Waals surface area contributed by atoms with Crippen molar-refractivity contribution < 1.29 is 10.2 Å². The van der Waals surface area contributed by atoms with Crippen molar-refractivity contribution in [1.82, 2.24) is 0 Å². The quantitative estimate of drug-likeness (QED) is 0.749. The number of hydrogen-bond acceptors (Lipinski definition) is 2. The highest BCUT2D eigenvalue weighted by Gasteiger charge is 2.07. The number of rotatable bonds is 3. The molecule has 0 heterocycles. The molecule has 0 saturated heterocycles. The van der Waals surface area contributed by atoms with Gasteiger partial charge in [-0.1, -0.05) is 19.4 Å². The normalized spacial score (nSPS) is 12.8. The lowest BCUT2D eigenvalue weighted by molar-refractivity contribution is 0.198. The van der Waals surface area contributed by atoms with Gasteiger partial charge in [-0.25, -0.2) is 0 Å². The molecule has 0 fully saturated rings. The third-order valence-electron chi connectivity index (χ3n) is 2.10. The van der Waals surface area contributed by atoms with E-state index in [1.54, 1.807) is 25.1 Å². The van der Waals surface area contributed by atoms with Crippen molar-refractivity contribution in [1.29, 1.82) is 0 Å². The van der Waals surface area contributed by atoms with E-state index in [2.05, 4.69) is 6.92 Å². The first kappa shape index (κ1) is 10.1. The van der Waals surface area contributed by atoms with Crippen LogP contribution >= 0.6 is 0 Å². The molecule has 0 aliphatic rings. The largest absolute Gasteiger partial charge is 0.508 e. The fourth-order valence-corrected chi connectivity index (χ4v) is 1.49. The molecule has 72 valence electrons. The summed E-state index contributed by atoms with van der Waals surface area (Å²) in [6.45, 7) is 3.82. The number of benzene rings is 1. The summed E-state index contributed by atoms with van der Waals surface area (Å²) < 4.78 is 0. The summed E-state index contributed by atoms with van der Waals surface area (Å²) in [5.74, 6) is 0.271. The van der Waals surface area contributed by atoms with Gasteiger partial charge in [0.15, 0.2) is 0 Å². The Morgan fingerprint density at radius 2 is 2.08 bits per heavy atom. The van der Waals surface area contributed by atoms with E-state index in [0.717, 1.165) is 24.0 Å². The molecule has 0 bridgehead atoms. The molecule has 0 saturated carbocycles. The maximum Gasteiger partial charge on any atom is 0.115 e. The Morgan fingerprint density at radius 3 is 2.62 bits per heavy atom. The number of aliphatic hydroxyl groups excluding tert-OH is 1. The highest BCUT2D eigenvalue weighted by Crippen LogP contribution is 2.23. The molecule has 0 aliphatic carbocycles. The molecule has 1 unspecified atom stereocenters. The van der Waals surface area contributed by atoms with Crippen molar-refractivity contribution in [2.24, 2.45) is 0 Å². The molecule has 2 nitrogen and oxygen atoms in total. The standard InChI is InChI=1S/C11H16O2/c1-3-4-9-7-10(13)5-6-11(9)8(2)12/h5-8,12-13H,3-4H2,1-2H3. The highest BCUT2D eigenvalue weighted by molar-refractivity contribution is 5.36. The van der Waals surface area contributed by atoms with Crippen LogP contribution < -0.4 is 0 Å². The molecule has 2 heteroatoms. The molecule has 0 amide bonds. The number of phenolic OH excluding ortho intramolecular Hbond substituents is 1. The second-order valence-corrected chi connectivity index (χ2v) is 3.31. The Balaban J connectivity index is 3.03. The summed E-state index contributed by atoms with van der Waals surface area (Å²) in [6, 6.07) is 5.12. The molecular weight excluding hydrogens is 164 g/mol. The van der Waals surface area contributed by atoms with Crippen LogP contribution in [-0.4, -0.2) is 10.2 Å². The van der Waals surface area contributed by atoms with E-state index in [0.29, 0.717) is 0 Å². The van der Waals surface area contributed by atoms with Crippen LogP contribution in [0.3, 0.4) is 0 Å². The molecule has 1 rings (SSSR count). The zero-order chi connectivity index (χ0) is 9.84. The van der Waals surface area contributed by atoms with Gasteiger partial charge in [0.2, 0.25) is 0 Å². The Kier molecular flexibility index (Phi) is 3.32. The minimum atomic E-state index is -0.456. The topological polar surface area (TPSA) is 40.5 Å². The van der Waals surface area contributed by atoms with E-state index in [1.165, 1.54) is 0 Å². The Labute approximate surface area is 78.8 Å². The van der Waals surface area contributed by atoms with Gasteiger partial charge < -0.3 is 10.2 Å². The van der Waals surface area contributed by atoms with Crippen molar-refractivity contribution in [3.8, 4) is 5.75 Å². The monoisotopic (exact) mass is 180 g/mol. The van der Waals surface area contributed by atoms with Crippen molar-refractivity contribution in [2.75, 3.05) is 0 Å². The SMILES string of the molecule is CCCc1cc(O)ccc1C(C)O. The summed E-state index contributed by atoms with van der Waals surface area (Å²) in [5.41, 5.74) is 1.96. The van der Waals surface area contributed by atoms with Gasteiger partial charge >= 0.3 is 0 Å². The molecular formula is C11H16O2. The summed E-state index contributed by atoms with van der Waals surface area (Å²) in [7, 11) is 0. The first-order chi connectivity index (χ1) is 6.15. The van der Waals surface area contributed by atoms with E-state index in [9.17, 15) is 10.2 Å². The second kappa shape index (κ2) is 4.28. The number of hydrogen-bond donors (Lipinski definition) is 2. The van der Waals surface area contributed by atoms with Crippen molar-refractivity contribution >= 4 is 0 Å². The number of phenols is 1. The van der Waals surface area contributed by atoms with Crippen LogP contribution in [0.2, 0.25) is 0 Å². The Morgan fingerprint density at radius 1 is 1.38 bits per heavy atom. The van der Waals surface area contributed by atoms with E-state index < -0.39 is 6.10 Å². The summed E-state index contributed by atoms with van der Waals surface area (Å²) in [5, 5.41) is 18.7. The first-order valence-corrected chi connectivity index (χ1v) is 4.65. The van der Waals surface area contributed by atoms with E-state index in [1.807, 2.05) is 0 Å². The van der Waals surface area contributed by atoms with Crippen LogP contribution in [0.15, 0.2) is 18.2 Å². The maximum absolute atomic E-state index is 9.44. The molecule has 0 radical (unpaired) electrons. The summed E-state index contributed by atoms with van der Waals surface area (Å²) >= 11 is 0. The van der Waals surface area contributed by atoms with Gasteiger partial charge in [-0.3, -0.25) is 0 Å². The predicted octanol–water partition coefficient (Wildman–Crippen LogP) is 2.40. The zero-order valence-electron chi connectivity index (χ0n) is 8.12. The van der Waals surface area contributed by atoms with E-state index in [4.69, 9.17) is 0 Å². The van der Waals surface area contributed by atoms with Crippen LogP contribution in [0.1, 0.15) is 37.5 Å².